The van der Waals surface area contributed by atoms with Crippen LogP contribution in [0.1, 0.15) is 6.42 Å². The van der Waals surface area contributed by atoms with Crippen LogP contribution < -0.4 is 0 Å². The highest BCUT2D eigenvalue weighted by molar-refractivity contribution is 7.20. The first kappa shape index (κ1) is 14.6. The first-order valence-corrected chi connectivity index (χ1v) is 12.9. The molecule has 0 saturated heterocycles. The zero-order chi connectivity index (χ0) is 11.2. The molecule has 14 heavy (non-hydrogen) atoms. The molecule has 0 rings (SSSR count). The van der Waals surface area contributed by atoms with Crippen LogP contribution in [-0.4, -0.2) is 43.5 Å². The fraction of sp³-hybridized carbons (Fsp3) is 1.00. The molecular formula is C5H17F3O2Si4. The van der Waals surface area contributed by atoms with E-state index in [-0.39, 0.29) is 6.04 Å². The van der Waals surface area contributed by atoms with Gasteiger partial charge in [0.25, 0.3) is 0 Å². The molecule has 0 aromatic rings. The van der Waals surface area contributed by atoms with E-state index in [0.29, 0.717) is 10.5 Å². The molecule has 0 amide bonds. The Bertz CT molecular complexity index is 168. The topological polar surface area (TPSA) is 18.5 Å². The number of rotatable bonds is 6. The lowest BCUT2D eigenvalue weighted by molar-refractivity contribution is -0.131. The van der Waals surface area contributed by atoms with Crippen LogP contribution in [0.4, 0.5) is 13.2 Å². The molecule has 9 heteroatoms. The Morgan fingerprint density at radius 1 is 1.43 bits per heavy atom. The van der Waals surface area contributed by atoms with Crippen molar-refractivity contribution in [1.29, 1.82) is 0 Å². The molecule has 1 atom stereocenters. The van der Waals surface area contributed by atoms with Gasteiger partial charge in [-0.2, -0.15) is 13.2 Å². The molecule has 0 heterocycles. The second-order valence-electron chi connectivity index (χ2n) is 3.41. The smallest absolute Gasteiger partial charge is 0.388 e. The van der Waals surface area contributed by atoms with Crippen LogP contribution in [-0.2, 0) is 8.23 Å². The van der Waals surface area contributed by atoms with Gasteiger partial charge in [-0.05, 0) is 12.6 Å². The van der Waals surface area contributed by atoms with Crippen LogP contribution in [0.2, 0.25) is 19.1 Å². The maximum absolute atomic E-state index is 12.0. The summed E-state index contributed by atoms with van der Waals surface area (Å²) in [6, 6.07) is 0.181. The largest absolute Gasteiger partial charge is 0.465 e. The van der Waals surface area contributed by atoms with Gasteiger partial charge in [-0.1, -0.05) is 6.55 Å². The van der Waals surface area contributed by atoms with Crippen molar-refractivity contribution in [2.45, 2.75) is 31.7 Å². The average molecular weight is 279 g/mol. The fourth-order valence-electron chi connectivity index (χ4n) is 0.957. The highest BCUT2D eigenvalue weighted by atomic mass is 29.2. The van der Waals surface area contributed by atoms with Crippen molar-refractivity contribution >= 4 is 37.4 Å². The van der Waals surface area contributed by atoms with Crippen molar-refractivity contribution in [1.82, 2.24) is 0 Å². The minimum absolute atomic E-state index is 0.181. The van der Waals surface area contributed by atoms with Crippen molar-refractivity contribution in [2.75, 3.05) is 0 Å². The number of hydrogen-bond acceptors (Lipinski definition) is 2. The van der Waals surface area contributed by atoms with E-state index in [1.54, 1.807) is 0 Å². The molecular weight excluding hydrogens is 261 g/mol. The van der Waals surface area contributed by atoms with Gasteiger partial charge in [0.1, 0.15) is 20.2 Å². The van der Waals surface area contributed by atoms with Crippen LogP contribution in [0.25, 0.3) is 0 Å². The van der Waals surface area contributed by atoms with E-state index < -0.39 is 39.5 Å². The maximum Gasteiger partial charge on any atom is 0.388 e. The average Bonchev–Trinajstić information content (AvgIpc) is 2.10. The van der Waals surface area contributed by atoms with Crippen LogP contribution in [0.15, 0.2) is 0 Å². The van der Waals surface area contributed by atoms with Gasteiger partial charge in [-0.3, -0.25) is 0 Å². The summed E-state index contributed by atoms with van der Waals surface area (Å²) < 4.78 is 46.8. The van der Waals surface area contributed by atoms with Crippen molar-refractivity contribution in [3.8, 4) is 0 Å². The van der Waals surface area contributed by atoms with Gasteiger partial charge in [0.05, 0.1) is 0 Å². The van der Waals surface area contributed by atoms with Crippen LogP contribution in [0.5, 0.6) is 0 Å². The van der Waals surface area contributed by atoms with Gasteiger partial charge < -0.3 is 8.23 Å². The standard InChI is InChI=1S/C5H17F3O2Si4/c1-12-10-13-14(2,9-11)4-3-5(6,7)8/h3-4,12-13H2,1-2,11H3. The predicted molar refractivity (Wildman–Crippen MR) is 62.2 cm³/mol. The molecule has 0 aromatic heterocycles. The van der Waals surface area contributed by atoms with Crippen molar-refractivity contribution in [3.63, 3.8) is 0 Å². The molecule has 0 radical (unpaired) electrons. The highest BCUT2D eigenvalue weighted by Crippen LogP contribution is 2.25. The van der Waals surface area contributed by atoms with Crippen molar-refractivity contribution in [3.05, 3.63) is 0 Å². The molecule has 0 aliphatic rings. The van der Waals surface area contributed by atoms with Gasteiger partial charge >= 0.3 is 6.18 Å². The quantitative estimate of drug-likeness (QED) is 0.612. The van der Waals surface area contributed by atoms with Crippen LogP contribution in [0.3, 0.4) is 0 Å². The van der Waals surface area contributed by atoms with Crippen molar-refractivity contribution < 1.29 is 21.4 Å². The fourth-order valence-corrected chi connectivity index (χ4v) is 13.5. The minimum atomic E-state index is -4.05. The number of halogens is 3. The first-order valence-electron chi connectivity index (χ1n) is 4.52. The normalized spacial score (nSPS) is 18.6. The summed E-state index contributed by atoms with van der Waals surface area (Å²) in [5.74, 6) is 0. The van der Waals surface area contributed by atoms with Gasteiger partial charge in [-0.15, -0.1) is 0 Å². The van der Waals surface area contributed by atoms with E-state index >= 15 is 0 Å². The third kappa shape index (κ3) is 6.95. The summed E-state index contributed by atoms with van der Waals surface area (Å²) in [6.07, 6.45) is -4.76. The Balaban J connectivity index is 3.98. The Hall–Kier alpha value is 0.578. The maximum atomic E-state index is 12.0. The zero-order valence-electron chi connectivity index (χ0n) is 8.78. The molecule has 0 aliphatic heterocycles. The lowest BCUT2D eigenvalue weighted by Crippen LogP contribution is -2.44. The Morgan fingerprint density at radius 2 is 2.00 bits per heavy atom. The van der Waals surface area contributed by atoms with Crippen molar-refractivity contribution in [2.24, 2.45) is 0 Å². The van der Waals surface area contributed by atoms with Gasteiger partial charge in [0, 0.05) is 6.42 Å². The van der Waals surface area contributed by atoms with Gasteiger partial charge in [-0.25, -0.2) is 0 Å². The monoisotopic (exact) mass is 278 g/mol. The molecule has 0 bridgehead atoms. The van der Waals surface area contributed by atoms with E-state index in [9.17, 15) is 13.2 Å². The molecule has 0 fully saturated rings. The third-order valence-electron chi connectivity index (χ3n) is 2.04. The lowest BCUT2D eigenvalue weighted by atomic mass is 10.5. The SMILES string of the molecule is C[SiH2]O[SiH2][Si](C)(CCC(F)(F)F)O[SiH3]. The lowest BCUT2D eigenvalue weighted by Gasteiger charge is -2.25. The molecule has 0 aromatic carbocycles. The zero-order valence-corrected chi connectivity index (χ0v) is 14.6. The molecule has 0 N–H and O–H groups in total. The van der Waals surface area contributed by atoms with E-state index in [0.717, 1.165) is 0 Å². The van der Waals surface area contributed by atoms with Gasteiger partial charge in [0.2, 0.25) is 0 Å². The number of alkyl halides is 3. The summed E-state index contributed by atoms with van der Waals surface area (Å²) in [6.45, 7) is 3.88. The summed E-state index contributed by atoms with van der Waals surface area (Å²) in [5, 5.41) is 0. The Morgan fingerprint density at radius 3 is 2.36 bits per heavy atom. The van der Waals surface area contributed by atoms with E-state index in [1.807, 2.05) is 13.1 Å². The highest BCUT2D eigenvalue weighted by Gasteiger charge is 2.35. The number of hydrogen-bond donors (Lipinski definition) is 0. The minimum Gasteiger partial charge on any atom is -0.465 e. The second kappa shape index (κ2) is 6.22. The summed E-state index contributed by atoms with van der Waals surface area (Å²) in [4.78, 5) is 0. The summed E-state index contributed by atoms with van der Waals surface area (Å²) in [5.41, 5.74) is 0. The Labute approximate surface area is 90.9 Å². The van der Waals surface area contributed by atoms with E-state index in [4.69, 9.17) is 8.23 Å². The predicted octanol–water partition coefficient (Wildman–Crippen LogP) is -0.460. The molecule has 0 saturated carbocycles. The molecule has 1 unspecified atom stereocenters. The van der Waals surface area contributed by atoms with E-state index in [2.05, 4.69) is 0 Å². The summed E-state index contributed by atoms with van der Waals surface area (Å²) in [7, 11) is -2.83. The molecule has 0 aliphatic carbocycles. The molecule has 86 valence electrons. The molecule has 2 nitrogen and oxygen atoms in total. The van der Waals surface area contributed by atoms with Crippen LogP contribution in [0, 0.1) is 0 Å². The van der Waals surface area contributed by atoms with Crippen LogP contribution >= 0.6 is 0 Å². The summed E-state index contributed by atoms with van der Waals surface area (Å²) >= 11 is 0. The Kier molecular flexibility index (Phi) is 6.48. The second-order valence-corrected chi connectivity index (χ2v) is 16.3. The van der Waals surface area contributed by atoms with Gasteiger partial charge in [0.15, 0.2) is 17.1 Å². The third-order valence-corrected chi connectivity index (χ3v) is 17.7. The molecule has 0 spiro atoms. The first-order chi connectivity index (χ1) is 6.33. The van der Waals surface area contributed by atoms with E-state index in [1.165, 1.54) is 0 Å².